The van der Waals surface area contributed by atoms with Crippen molar-refractivity contribution in [2.75, 3.05) is 27.4 Å². The molecule has 3 rings (SSSR count). The van der Waals surface area contributed by atoms with Gasteiger partial charge in [-0.1, -0.05) is 30.3 Å². The van der Waals surface area contributed by atoms with Crippen LogP contribution in [0.15, 0.2) is 48.5 Å². The maximum atomic E-state index is 12.7. The Balaban J connectivity index is 1.48. The van der Waals surface area contributed by atoms with Gasteiger partial charge >= 0.3 is 0 Å². The van der Waals surface area contributed by atoms with Crippen molar-refractivity contribution in [3.05, 3.63) is 54.1 Å². The van der Waals surface area contributed by atoms with E-state index >= 15 is 0 Å². The molecule has 1 aliphatic carbocycles. The number of rotatable bonds is 11. The largest absolute Gasteiger partial charge is 0.496 e. The molecule has 1 saturated carbocycles. The van der Waals surface area contributed by atoms with E-state index in [4.69, 9.17) is 14.2 Å². The van der Waals surface area contributed by atoms with Crippen LogP contribution in [0.25, 0.3) is 0 Å². The highest BCUT2D eigenvalue weighted by molar-refractivity contribution is 5.80. The second-order valence-electron chi connectivity index (χ2n) is 7.10. The smallest absolute Gasteiger partial charge is 0.260 e. The SMILES string of the molecule is COc1ccccc1CNC(=O)CCN(C(=O)COc1ccccc1OC)C1CC1. The Morgan fingerprint density at radius 1 is 0.967 bits per heavy atom. The van der Waals surface area contributed by atoms with Gasteiger partial charge in [0.25, 0.3) is 5.91 Å². The summed E-state index contributed by atoms with van der Waals surface area (Å²) in [6, 6.07) is 15.0. The molecular formula is C23H28N2O5. The molecule has 2 aromatic carbocycles. The van der Waals surface area contributed by atoms with E-state index in [0.29, 0.717) is 24.6 Å². The van der Waals surface area contributed by atoms with E-state index < -0.39 is 0 Å². The monoisotopic (exact) mass is 412 g/mol. The van der Waals surface area contributed by atoms with E-state index in [1.807, 2.05) is 36.4 Å². The quantitative estimate of drug-likeness (QED) is 0.614. The minimum Gasteiger partial charge on any atom is -0.496 e. The Bertz CT molecular complexity index is 866. The number of nitrogens with one attached hydrogen (secondary N) is 1. The molecule has 1 aliphatic rings. The second-order valence-corrected chi connectivity index (χ2v) is 7.10. The Morgan fingerprint density at radius 3 is 2.27 bits per heavy atom. The molecule has 2 aromatic rings. The van der Waals surface area contributed by atoms with Gasteiger partial charge in [-0.05, 0) is 31.0 Å². The van der Waals surface area contributed by atoms with Crippen LogP contribution >= 0.6 is 0 Å². The highest BCUT2D eigenvalue weighted by Gasteiger charge is 2.32. The summed E-state index contributed by atoms with van der Waals surface area (Å²) in [6.45, 7) is 0.674. The molecule has 1 fully saturated rings. The number of ether oxygens (including phenoxy) is 3. The lowest BCUT2D eigenvalue weighted by atomic mass is 10.2. The number of nitrogens with zero attached hydrogens (tertiary/aromatic N) is 1. The van der Waals surface area contributed by atoms with E-state index in [1.165, 1.54) is 0 Å². The molecule has 0 spiro atoms. The molecule has 0 unspecified atom stereocenters. The summed E-state index contributed by atoms with van der Waals surface area (Å²) in [4.78, 5) is 26.7. The fraction of sp³-hybridized carbons (Fsp3) is 0.391. The van der Waals surface area contributed by atoms with Crippen molar-refractivity contribution in [1.29, 1.82) is 0 Å². The van der Waals surface area contributed by atoms with Gasteiger partial charge in [-0.2, -0.15) is 0 Å². The topological polar surface area (TPSA) is 77.1 Å². The molecule has 2 amide bonds. The Morgan fingerprint density at radius 2 is 1.60 bits per heavy atom. The van der Waals surface area contributed by atoms with Crippen LogP contribution in [0.1, 0.15) is 24.8 Å². The maximum Gasteiger partial charge on any atom is 0.260 e. The van der Waals surface area contributed by atoms with Gasteiger partial charge in [0.2, 0.25) is 5.91 Å². The average molecular weight is 412 g/mol. The average Bonchev–Trinajstić information content (AvgIpc) is 3.62. The van der Waals surface area contributed by atoms with Crippen LogP contribution in [0.4, 0.5) is 0 Å². The molecule has 1 N–H and O–H groups in total. The van der Waals surface area contributed by atoms with Crippen LogP contribution in [0, 0.1) is 0 Å². The third-order valence-electron chi connectivity index (χ3n) is 4.98. The summed E-state index contributed by atoms with van der Waals surface area (Å²) < 4.78 is 16.2. The molecule has 0 bridgehead atoms. The summed E-state index contributed by atoms with van der Waals surface area (Å²) >= 11 is 0. The Labute approximate surface area is 176 Å². The van der Waals surface area contributed by atoms with E-state index in [2.05, 4.69) is 5.32 Å². The van der Waals surface area contributed by atoms with Crippen molar-refractivity contribution in [2.24, 2.45) is 0 Å². The first-order chi connectivity index (χ1) is 14.6. The van der Waals surface area contributed by atoms with Crippen molar-refractivity contribution in [3.63, 3.8) is 0 Å². The van der Waals surface area contributed by atoms with E-state index in [-0.39, 0.29) is 30.9 Å². The standard InChI is InChI=1S/C23H28N2O5/c1-28-19-8-4-3-7-17(19)15-24-22(26)13-14-25(18-11-12-18)23(27)16-30-21-10-6-5-9-20(21)29-2/h3-10,18H,11-16H2,1-2H3,(H,24,26). The normalized spacial score (nSPS) is 12.7. The number of hydrogen-bond acceptors (Lipinski definition) is 5. The second kappa shape index (κ2) is 10.5. The van der Waals surface area contributed by atoms with Gasteiger partial charge in [-0.3, -0.25) is 9.59 Å². The number of carbonyl (C=O) groups excluding carboxylic acids is 2. The van der Waals surface area contributed by atoms with Crippen molar-refractivity contribution < 1.29 is 23.8 Å². The first-order valence-corrected chi connectivity index (χ1v) is 10.1. The number of amides is 2. The number of benzene rings is 2. The minimum atomic E-state index is -0.124. The molecule has 0 saturated heterocycles. The molecular weight excluding hydrogens is 384 g/mol. The predicted octanol–water partition coefficient (Wildman–Crippen LogP) is 2.78. The molecule has 0 radical (unpaired) electrons. The van der Waals surface area contributed by atoms with Gasteiger partial charge in [0.15, 0.2) is 18.1 Å². The third-order valence-corrected chi connectivity index (χ3v) is 4.98. The van der Waals surface area contributed by atoms with Crippen LogP contribution < -0.4 is 19.5 Å². The van der Waals surface area contributed by atoms with Crippen molar-refractivity contribution in [3.8, 4) is 17.2 Å². The molecule has 160 valence electrons. The summed E-state index contributed by atoms with van der Waals surface area (Å²) in [7, 11) is 3.16. The number of methoxy groups -OCH3 is 2. The number of hydrogen-bond donors (Lipinski definition) is 1. The lowest BCUT2D eigenvalue weighted by Gasteiger charge is -2.22. The summed E-state index contributed by atoms with van der Waals surface area (Å²) in [5, 5.41) is 2.90. The number of para-hydroxylation sites is 3. The number of carbonyl (C=O) groups is 2. The predicted molar refractivity (Wildman–Crippen MR) is 113 cm³/mol. The third kappa shape index (κ3) is 5.89. The van der Waals surface area contributed by atoms with Gasteiger partial charge < -0.3 is 24.4 Å². The van der Waals surface area contributed by atoms with Crippen molar-refractivity contribution >= 4 is 11.8 Å². The molecule has 0 atom stereocenters. The van der Waals surface area contributed by atoms with Gasteiger partial charge in [0.1, 0.15) is 5.75 Å². The van der Waals surface area contributed by atoms with E-state index in [1.54, 1.807) is 31.3 Å². The molecule has 0 aliphatic heterocycles. The van der Waals surface area contributed by atoms with Crippen LogP contribution in [-0.4, -0.2) is 50.1 Å². The first-order valence-electron chi connectivity index (χ1n) is 10.1. The van der Waals surface area contributed by atoms with E-state index in [0.717, 1.165) is 24.2 Å². The highest BCUT2D eigenvalue weighted by atomic mass is 16.5. The zero-order valence-corrected chi connectivity index (χ0v) is 17.4. The summed E-state index contributed by atoms with van der Waals surface area (Å²) in [5.41, 5.74) is 0.911. The fourth-order valence-corrected chi connectivity index (χ4v) is 3.21. The molecule has 0 heterocycles. The van der Waals surface area contributed by atoms with Crippen LogP contribution in [0.3, 0.4) is 0 Å². The molecule has 30 heavy (non-hydrogen) atoms. The van der Waals surface area contributed by atoms with Gasteiger partial charge in [-0.15, -0.1) is 0 Å². The lowest BCUT2D eigenvalue weighted by Crippen LogP contribution is -2.39. The maximum absolute atomic E-state index is 12.7. The minimum absolute atomic E-state index is 0.0836. The van der Waals surface area contributed by atoms with Crippen LogP contribution in [-0.2, 0) is 16.1 Å². The van der Waals surface area contributed by atoms with Crippen molar-refractivity contribution in [2.45, 2.75) is 31.8 Å². The van der Waals surface area contributed by atoms with Crippen LogP contribution in [0.2, 0.25) is 0 Å². The van der Waals surface area contributed by atoms with E-state index in [9.17, 15) is 9.59 Å². The fourth-order valence-electron chi connectivity index (χ4n) is 3.21. The Hall–Kier alpha value is -3.22. The van der Waals surface area contributed by atoms with Crippen LogP contribution in [0.5, 0.6) is 17.2 Å². The van der Waals surface area contributed by atoms with Gasteiger partial charge in [0.05, 0.1) is 14.2 Å². The zero-order valence-electron chi connectivity index (χ0n) is 17.4. The van der Waals surface area contributed by atoms with Gasteiger partial charge in [0, 0.05) is 31.1 Å². The summed E-state index contributed by atoms with van der Waals surface area (Å²) in [6.07, 6.45) is 2.17. The first kappa shape index (κ1) is 21.5. The summed E-state index contributed by atoms with van der Waals surface area (Å²) in [5.74, 6) is 1.62. The zero-order chi connectivity index (χ0) is 21.3. The molecule has 7 heteroatoms. The van der Waals surface area contributed by atoms with Gasteiger partial charge in [-0.25, -0.2) is 0 Å². The highest BCUT2D eigenvalue weighted by Crippen LogP contribution is 2.28. The molecule has 7 nitrogen and oxygen atoms in total. The van der Waals surface area contributed by atoms with Crippen molar-refractivity contribution in [1.82, 2.24) is 10.2 Å². The molecule has 0 aromatic heterocycles. The lowest BCUT2D eigenvalue weighted by molar-refractivity contribution is -0.134. The Kier molecular flexibility index (Phi) is 7.54.